The molecule has 1 unspecified atom stereocenters. The summed E-state index contributed by atoms with van der Waals surface area (Å²) in [6.07, 6.45) is 2.67. The van der Waals surface area contributed by atoms with Gasteiger partial charge in [0.1, 0.15) is 18.9 Å². The zero-order valence-corrected chi connectivity index (χ0v) is 20.0. The predicted octanol–water partition coefficient (Wildman–Crippen LogP) is -1.58. The summed E-state index contributed by atoms with van der Waals surface area (Å²) in [6.45, 7) is 6.94. The lowest BCUT2D eigenvalue weighted by atomic mass is 10.1. The van der Waals surface area contributed by atoms with Crippen molar-refractivity contribution in [1.29, 1.82) is 0 Å². The van der Waals surface area contributed by atoms with Gasteiger partial charge in [0.15, 0.2) is 0 Å². The molecule has 11 heteroatoms. The zero-order chi connectivity index (χ0) is 25.1. The van der Waals surface area contributed by atoms with Crippen LogP contribution in [-0.2, 0) is 19.2 Å². The highest BCUT2D eigenvalue weighted by Crippen LogP contribution is 2.09. The Hall–Kier alpha value is -1.76. The van der Waals surface area contributed by atoms with Crippen molar-refractivity contribution in [2.75, 3.05) is 80.7 Å². The molecule has 1 fully saturated rings. The van der Waals surface area contributed by atoms with Gasteiger partial charge in [-0.1, -0.05) is 13.8 Å². The minimum Gasteiger partial charge on any atom is -0.480 e. The van der Waals surface area contributed by atoms with E-state index in [1.165, 1.54) is 0 Å². The topological polar surface area (TPSA) is 151 Å². The fraction of sp³-hybridized carbons (Fsp3) is 0.800. The molecule has 186 valence electrons. The van der Waals surface area contributed by atoms with E-state index < -0.39 is 5.97 Å². The zero-order valence-electron chi connectivity index (χ0n) is 20.0. The molecular formula is C20H44N4O7. The van der Waals surface area contributed by atoms with Crippen molar-refractivity contribution in [3.63, 3.8) is 0 Å². The van der Waals surface area contributed by atoms with Crippen molar-refractivity contribution in [1.82, 2.24) is 20.0 Å². The number of nitrogens with zero attached hydrogens (tertiary/aromatic N) is 3. The Kier molecular flexibility index (Phi) is 35.9. The molecule has 0 aromatic rings. The van der Waals surface area contributed by atoms with Crippen LogP contribution in [0.4, 0.5) is 0 Å². The van der Waals surface area contributed by atoms with Crippen LogP contribution in [0.3, 0.4) is 0 Å². The summed E-state index contributed by atoms with van der Waals surface area (Å²) in [5.74, 6) is -0.910. The number of aliphatic hydroxyl groups is 2. The molecule has 0 aromatic carbocycles. The van der Waals surface area contributed by atoms with Crippen LogP contribution < -0.4 is 5.32 Å². The molecule has 0 aromatic heterocycles. The van der Waals surface area contributed by atoms with Gasteiger partial charge < -0.3 is 35.0 Å². The van der Waals surface area contributed by atoms with Gasteiger partial charge in [0.05, 0.1) is 19.6 Å². The molecule has 31 heavy (non-hydrogen) atoms. The summed E-state index contributed by atoms with van der Waals surface area (Å²) >= 11 is 0. The Labute approximate surface area is 187 Å². The largest absolute Gasteiger partial charge is 0.480 e. The van der Waals surface area contributed by atoms with Crippen LogP contribution in [0.1, 0.15) is 20.3 Å². The number of hydrogen-bond acceptors (Lipinski definition) is 10. The molecule has 1 heterocycles. The van der Waals surface area contributed by atoms with Crippen LogP contribution in [0.15, 0.2) is 0 Å². The molecular weight excluding hydrogens is 408 g/mol. The van der Waals surface area contributed by atoms with Crippen LogP contribution in [-0.4, -0.2) is 142 Å². The van der Waals surface area contributed by atoms with Gasteiger partial charge >= 0.3 is 5.97 Å². The normalized spacial score (nSPS) is 17.0. The highest BCUT2D eigenvalue weighted by atomic mass is 16.4. The van der Waals surface area contributed by atoms with Crippen molar-refractivity contribution < 1.29 is 34.5 Å². The first-order valence-corrected chi connectivity index (χ1v) is 10.2. The number of aliphatic hydroxyl groups excluding tert-OH is 2. The predicted molar refractivity (Wildman–Crippen MR) is 121 cm³/mol. The summed E-state index contributed by atoms with van der Waals surface area (Å²) in [6, 6.07) is -0.146. The van der Waals surface area contributed by atoms with Gasteiger partial charge in [-0.05, 0) is 14.1 Å². The fourth-order valence-corrected chi connectivity index (χ4v) is 2.64. The van der Waals surface area contributed by atoms with Crippen molar-refractivity contribution in [2.45, 2.75) is 26.3 Å². The molecule has 1 rings (SSSR count). The van der Waals surface area contributed by atoms with Gasteiger partial charge in [-0.3, -0.25) is 19.5 Å². The second kappa shape index (κ2) is 30.4. The van der Waals surface area contributed by atoms with Gasteiger partial charge in [-0.25, -0.2) is 0 Å². The van der Waals surface area contributed by atoms with Crippen LogP contribution in [0.25, 0.3) is 0 Å². The van der Waals surface area contributed by atoms with E-state index >= 15 is 0 Å². The molecule has 0 amide bonds. The number of carbonyl (C=O) groups excluding carboxylic acids is 3. The Morgan fingerprint density at radius 2 is 1.32 bits per heavy atom. The molecule has 4 N–H and O–H groups in total. The van der Waals surface area contributed by atoms with Gasteiger partial charge in [0.2, 0.25) is 0 Å². The number of nitrogens with one attached hydrogen (secondary N) is 1. The molecule has 0 spiro atoms. The molecule has 0 aliphatic carbocycles. The molecule has 1 aliphatic rings. The summed E-state index contributed by atoms with van der Waals surface area (Å²) in [7, 11) is 5.75. The summed E-state index contributed by atoms with van der Waals surface area (Å²) in [5.41, 5.74) is 0. The number of rotatable bonds is 8. The number of hydrogen-bond donors (Lipinski definition) is 4. The lowest BCUT2D eigenvalue weighted by Crippen LogP contribution is -2.46. The van der Waals surface area contributed by atoms with Crippen LogP contribution in [0, 0.1) is 0 Å². The minimum atomic E-state index is -0.910. The second-order valence-corrected chi connectivity index (χ2v) is 5.81. The Morgan fingerprint density at radius 3 is 1.74 bits per heavy atom. The van der Waals surface area contributed by atoms with E-state index in [9.17, 15) is 19.2 Å². The average molecular weight is 453 g/mol. The Balaban J connectivity index is -0.000000354. The van der Waals surface area contributed by atoms with E-state index in [1.807, 2.05) is 37.7 Å². The maximum atomic E-state index is 10.9. The Morgan fingerprint density at radius 1 is 0.871 bits per heavy atom. The highest BCUT2D eigenvalue weighted by Gasteiger charge is 2.24. The lowest BCUT2D eigenvalue weighted by molar-refractivity contribution is -0.138. The quantitative estimate of drug-likeness (QED) is 0.316. The SMILES string of the molecule is CC.CNC.CO.CO.O=CCC1CN(CC=O)CCN(CC(=O)O)CCN1CC=O. The molecule has 0 radical (unpaired) electrons. The monoisotopic (exact) mass is 452 g/mol. The smallest absolute Gasteiger partial charge is 0.317 e. The van der Waals surface area contributed by atoms with Crippen molar-refractivity contribution in [3.8, 4) is 0 Å². The summed E-state index contributed by atoms with van der Waals surface area (Å²) in [5, 5.41) is 25.7. The fourth-order valence-electron chi connectivity index (χ4n) is 2.64. The lowest BCUT2D eigenvalue weighted by Gasteiger charge is -2.31. The first-order valence-electron chi connectivity index (χ1n) is 10.2. The second-order valence-electron chi connectivity index (χ2n) is 5.81. The first kappa shape index (κ1) is 36.6. The third kappa shape index (κ3) is 22.7. The first-order chi connectivity index (χ1) is 15.0. The van der Waals surface area contributed by atoms with Crippen molar-refractivity contribution >= 4 is 24.8 Å². The van der Waals surface area contributed by atoms with Gasteiger partial charge in [-0.2, -0.15) is 0 Å². The number of carboxylic acids is 1. The van der Waals surface area contributed by atoms with Crippen molar-refractivity contribution in [3.05, 3.63) is 0 Å². The van der Waals surface area contributed by atoms with E-state index in [-0.39, 0.29) is 32.1 Å². The number of carboxylic acid groups (broad SMARTS) is 1. The highest BCUT2D eigenvalue weighted by molar-refractivity contribution is 5.69. The van der Waals surface area contributed by atoms with Crippen LogP contribution in [0.5, 0.6) is 0 Å². The van der Waals surface area contributed by atoms with Gasteiger partial charge in [-0.15, -0.1) is 0 Å². The summed E-state index contributed by atoms with van der Waals surface area (Å²) < 4.78 is 0. The molecule has 0 bridgehead atoms. The molecule has 1 aliphatic heterocycles. The number of aldehydes is 3. The van der Waals surface area contributed by atoms with Gasteiger partial charge in [0.25, 0.3) is 0 Å². The van der Waals surface area contributed by atoms with Crippen LogP contribution in [0.2, 0.25) is 0 Å². The van der Waals surface area contributed by atoms with E-state index in [1.54, 1.807) is 4.90 Å². The van der Waals surface area contributed by atoms with E-state index in [2.05, 4.69) is 5.32 Å². The Bertz CT molecular complexity index is 415. The maximum absolute atomic E-state index is 10.9. The standard InChI is InChI=1S/C14H23N3O5.C2H7N.C2H6.2CH4O/c18-8-1-13-11-16(6-9-19)3-2-15(12-14(21)22)4-5-17(13)7-10-20;1-3-2;3*1-2/h8-10,13H,1-7,11-12H2,(H,21,22);3H,1-2H3;1-2H3;2*2H,1H3. The minimum absolute atomic E-state index is 0.0811. The number of carbonyl (C=O) groups is 4. The summed E-state index contributed by atoms with van der Waals surface area (Å²) in [4.78, 5) is 49.0. The third-order valence-electron chi connectivity index (χ3n) is 3.79. The third-order valence-corrected chi connectivity index (χ3v) is 3.79. The van der Waals surface area contributed by atoms with E-state index in [4.69, 9.17) is 15.3 Å². The molecule has 11 nitrogen and oxygen atoms in total. The molecule has 0 saturated carbocycles. The van der Waals surface area contributed by atoms with Crippen LogP contribution >= 0.6 is 0 Å². The van der Waals surface area contributed by atoms with E-state index in [0.29, 0.717) is 32.7 Å². The number of aliphatic carboxylic acids is 1. The molecule has 1 saturated heterocycles. The van der Waals surface area contributed by atoms with Gasteiger partial charge in [0, 0.05) is 59.4 Å². The maximum Gasteiger partial charge on any atom is 0.317 e. The van der Waals surface area contributed by atoms with E-state index in [0.717, 1.165) is 33.1 Å². The molecule has 1 atom stereocenters. The van der Waals surface area contributed by atoms with Crippen molar-refractivity contribution in [2.24, 2.45) is 0 Å². The average Bonchev–Trinajstić information content (AvgIpc) is 2.85.